The molecular weight excluding hydrogens is 226 g/mol. The van der Waals surface area contributed by atoms with Gasteiger partial charge in [-0.15, -0.1) is 0 Å². The number of carbonyl (C=O) groups excluding carboxylic acids is 1. The molecule has 0 aromatic heterocycles. The van der Waals surface area contributed by atoms with Gasteiger partial charge in [-0.05, 0) is 52.4 Å². The van der Waals surface area contributed by atoms with E-state index in [0.29, 0.717) is 5.92 Å². The molecule has 0 radical (unpaired) electrons. The monoisotopic (exact) mass is 253 g/mol. The van der Waals surface area contributed by atoms with Crippen LogP contribution in [-0.2, 0) is 4.74 Å². The Balaban J connectivity index is 2.62. The van der Waals surface area contributed by atoms with E-state index < -0.39 is 5.60 Å². The molecule has 0 aromatic rings. The molecule has 1 aliphatic rings. The third kappa shape index (κ3) is 5.56. The molecule has 1 amide bonds. The molecule has 0 aliphatic carbocycles. The van der Waals surface area contributed by atoms with Crippen LogP contribution in [-0.4, -0.2) is 29.7 Å². The maximum Gasteiger partial charge on any atom is 0.410 e. The van der Waals surface area contributed by atoms with E-state index in [1.807, 2.05) is 25.7 Å². The molecule has 104 valence electrons. The molecule has 0 N–H and O–H groups in total. The van der Waals surface area contributed by atoms with Crippen molar-refractivity contribution in [1.29, 1.82) is 0 Å². The predicted octanol–water partition coefficient (Wildman–Crippen LogP) is 3.99. The molecule has 0 spiro atoms. The van der Waals surface area contributed by atoms with Crippen LogP contribution in [0.25, 0.3) is 0 Å². The summed E-state index contributed by atoms with van der Waals surface area (Å²) in [6.45, 7) is 13.6. The highest BCUT2D eigenvalue weighted by Crippen LogP contribution is 2.21. The molecule has 1 heterocycles. The van der Waals surface area contributed by atoms with Crippen molar-refractivity contribution in [1.82, 2.24) is 4.90 Å². The average Bonchev–Trinajstić information content (AvgIpc) is 2.26. The number of allylic oxidation sites excluding steroid dienone is 1. The molecule has 0 saturated carbocycles. The third-order valence-electron chi connectivity index (χ3n) is 3.03. The number of nitrogens with zero attached hydrogens (tertiary/aromatic N) is 1. The molecule has 1 aliphatic heterocycles. The van der Waals surface area contributed by atoms with Gasteiger partial charge in [0.1, 0.15) is 5.60 Å². The summed E-state index contributed by atoms with van der Waals surface area (Å²) in [6, 6.07) is 0. The van der Waals surface area contributed by atoms with Crippen LogP contribution in [0.1, 0.15) is 53.4 Å². The van der Waals surface area contributed by atoms with E-state index in [0.717, 1.165) is 38.8 Å². The van der Waals surface area contributed by atoms with Gasteiger partial charge in [-0.2, -0.15) is 0 Å². The Morgan fingerprint density at radius 3 is 2.67 bits per heavy atom. The Morgan fingerprint density at radius 2 is 2.06 bits per heavy atom. The molecule has 18 heavy (non-hydrogen) atoms. The van der Waals surface area contributed by atoms with Crippen molar-refractivity contribution in [3.8, 4) is 0 Å². The molecule has 1 atom stereocenters. The van der Waals surface area contributed by atoms with Crippen LogP contribution in [0.15, 0.2) is 12.2 Å². The van der Waals surface area contributed by atoms with Crippen LogP contribution < -0.4 is 0 Å². The zero-order chi connectivity index (χ0) is 13.8. The summed E-state index contributed by atoms with van der Waals surface area (Å²) in [7, 11) is 0. The van der Waals surface area contributed by atoms with Gasteiger partial charge in [0.05, 0.1) is 0 Å². The molecule has 1 fully saturated rings. The van der Waals surface area contributed by atoms with Crippen LogP contribution in [0, 0.1) is 5.92 Å². The summed E-state index contributed by atoms with van der Waals surface area (Å²) in [5, 5.41) is 0. The van der Waals surface area contributed by atoms with Gasteiger partial charge in [0.15, 0.2) is 0 Å². The van der Waals surface area contributed by atoms with E-state index in [9.17, 15) is 4.79 Å². The summed E-state index contributed by atoms with van der Waals surface area (Å²) in [5.41, 5.74) is 0.899. The van der Waals surface area contributed by atoms with Gasteiger partial charge in [0.2, 0.25) is 0 Å². The van der Waals surface area contributed by atoms with Crippen molar-refractivity contribution >= 4 is 6.09 Å². The topological polar surface area (TPSA) is 29.5 Å². The first-order valence-corrected chi connectivity index (χ1v) is 6.92. The van der Waals surface area contributed by atoms with Gasteiger partial charge in [0.25, 0.3) is 0 Å². The van der Waals surface area contributed by atoms with Gasteiger partial charge in [-0.25, -0.2) is 4.79 Å². The number of carbonyl (C=O) groups is 1. The van der Waals surface area contributed by atoms with E-state index in [-0.39, 0.29) is 6.09 Å². The quantitative estimate of drug-likeness (QED) is 0.611. The number of ether oxygens (including phenoxy) is 1. The largest absolute Gasteiger partial charge is 0.444 e. The molecule has 1 rings (SSSR count). The zero-order valence-electron chi connectivity index (χ0n) is 12.3. The average molecular weight is 253 g/mol. The van der Waals surface area contributed by atoms with Crippen molar-refractivity contribution in [3.63, 3.8) is 0 Å². The van der Waals surface area contributed by atoms with E-state index in [4.69, 9.17) is 4.74 Å². The minimum Gasteiger partial charge on any atom is -0.444 e. The first kappa shape index (κ1) is 15.1. The normalized spacial score (nSPS) is 23.0. The molecule has 0 aromatic carbocycles. The van der Waals surface area contributed by atoms with Crippen LogP contribution in [0.5, 0.6) is 0 Å². The lowest BCUT2D eigenvalue weighted by atomic mass is 9.99. The third-order valence-corrected chi connectivity index (χ3v) is 3.03. The van der Waals surface area contributed by atoms with Gasteiger partial charge in [-0.3, -0.25) is 0 Å². The minimum absolute atomic E-state index is 0.179. The van der Waals surface area contributed by atoms with Crippen molar-refractivity contribution in [2.45, 2.75) is 59.0 Å². The van der Waals surface area contributed by atoms with Crippen molar-refractivity contribution in [2.24, 2.45) is 5.92 Å². The summed E-state index contributed by atoms with van der Waals surface area (Å²) in [6.07, 6.45) is 4.07. The Bertz CT molecular complexity index is 304. The van der Waals surface area contributed by atoms with E-state index >= 15 is 0 Å². The first-order valence-electron chi connectivity index (χ1n) is 6.92. The SMILES string of the molecule is C=C1CCCCN(C(=O)OC(C)(C)C)CC(C)C1. The van der Waals surface area contributed by atoms with Crippen molar-refractivity contribution in [3.05, 3.63) is 12.2 Å². The minimum atomic E-state index is -0.414. The maximum absolute atomic E-state index is 12.1. The Hall–Kier alpha value is -0.990. The highest BCUT2D eigenvalue weighted by atomic mass is 16.6. The van der Waals surface area contributed by atoms with Crippen LogP contribution >= 0.6 is 0 Å². The molecule has 1 unspecified atom stereocenters. The van der Waals surface area contributed by atoms with Gasteiger partial charge in [-0.1, -0.05) is 19.1 Å². The lowest BCUT2D eigenvalue weighted by Gasteiger charge is -2.28. The van der Waals surface area contributed by atoms with Crippen molar-refractivity contribution < 1.29 is 9.53 Å². The van der Waals surface area contributed by atoms with E-state index in [2.05, 4.69) is 13.5 Å². The van der Waals surface area contributed by atoms with Crippen LogP contribution in [0.4, 0.5) is 4.79 Å². The second-order valence-corrected chi connectivity index (χ2v) is 6.44. The van der Waals surface area contributed by atoms with Crippen LogP contribution in [0.3, 0.4) is 0 Å². The number of rotatable bonds is 0. The summed E-state index contributed by atoms with van der Waals surface area (Å²) < 4.78 is 5.45. The van der Waals surface area contributed by atoms with Gasteiger partial charge >= 0.3 is 6.09 Å². The molecule has 1 saturated heterocycles. The standard InChI is InChI=1S/C15H27NO2/c1-12-8-6-7-9-16(11-13(2)10-12)14(17)18-15(3,4)5/h13H,1,6-11H2,2-5H3. The number of amides is 1. The van der Waals surface area contributed by atoms with Gasteiger partial charge in [0, 0.05) is 13.1 Å². The fourth-order valence-electron chi connectivity index (χ4n) is 2.30. The second kappa shape index (κ2) is 6.26. The molecule has 0 bridgehead atoms. The Labute approximate surface area is 111 Å². The highest BCUT2D eigenvalue weighted by Gasteiger charge is 2.24. The predicted molar refractivity (Wildman–Crippen MR) is 74.6 cm³/mol. The summed E-state index contributed by atoms with van der Waals surface area (Å²) in [5.74, 6) is 0.461. The highest BCUT2D eigenvalue weighted by molar-refractivity contribution is 5.68. The van der Waals surface area contributed by atoms with Gasteiger partial charge < -0.3 is 9.64 Å². The fourth-order valence-corrected chi connectivity index (χ4v) is 2.30. The zero-order valence-corrected chi connectivity index (χ0v) is 12.3. The summed E-state index contributed by atoms with van der Waals surface area (Å²) >= 11 is 0. The summed E-state index contributed by atoms with van der Waals surface area (Å²) in [4.78, 5) is 14.0. The lowest BCUT2D eigenvalue weighted by molar-refractivity contribution is 0.0224. The van der Waals surface area contributed by atoms with Crippen molar-refractivity contribution in [2.75, 3.05) is 13.1 Å². The lowest BCUT2D eigenvalue weighted by Crippen LogP contribution is -2.39. The molecular formula is C15H27NO2. The molecule has 3 nitrogen and oxygen atoms in total. The van der Waals surface area contributed by atoms with E-state index in [1.165, 1.54) is 5.57 Å². The maximum atomic E-state index is 12.1. The first-order chi connectivity index (χ1) is 8.28. The number of hydrogen-bond acceptors (Lipinski definition) is 2. The van der Waals surface area contributed by atoms with Crippen LogP contribution in [0.2, 0.25) is 0 Å². The Kier molecular flexibility index (Phi) is 5.24. The second-order valence-electron chi connectivity index (χ2n) is 6.44. The smallest absolute Gasteiger partial charge is 0.410 e. The number of hydrogen-bond donors (Lipinski definition) is 0. The fraction of sp³-hybridized carbons (Fsp3) is 0.800. The molecule has 3 heteroatoms. The Morgan fingerprint density at radius 1 is 1.39 bits per heavy atom. The van der Waals surface area contributed by atoms with E-state index in [1.54, 1.807) is 0 Å².